The average Bonchev–Trinajstić information content (AvgIpc) is 2.77. The highest BCUT2D eigenvalue weighted by Crippen LogP contribution is 2.14. The van der Waals surface area contributed by atoms with E-state index < -0.39 is 12.0 Å². The predicted molar refractivity (Wildman–Crippen MR) is 119 cm³/mol. The van der Waals surface area contributed by atoms with Crippen molar-refractivity contribution in [2.75, 3.05) is 13.2 Å². The molecular formula is C25H33NO4. The van der Waals surface area contributed by atoms with E-state index in [0.717, 1.165) is 17.7 Å². The van der Waals surface area contributed by atoms with Gasteiger partial charge in [0.1, 0.15) is 11.8 Å². The fourth-order valence-electron chi connectivity index (χ4n) is 3.13. The van der Waals surface area contributed by atoms with Crippen LogP contribution in [-0.2, 0) is 16.0 Å². The zero-order chi connectivity index (χ0) is 21.6. The third kappa shape index (κ3) is 8.27. The lowest BCUT2D eigenvalue weighted by Gasteiger charge is -2.17. The Hall–Kier alpha value is -2.82. The summed E-state index contributed by atoms with van der Waals surface area (Å²) in [6.07, 6.45) is 6.32. The smallest absolute Gasteiger partial charge is 0.328 e. The third-order valence-corrected chi connectivity index (χ3v) is 4.79. The number of ether oxygens (including phenoxy) is 2. The molecule has 2 aromatic carbocycles. The average molecular weight is 412 g/mol. The highest BCUT2D eigenvalue weighted by Gasteiger charge is 2.23. The van der Waals surface area contributed by atoms with Crippen molar-refractivity contribution in [3.63, 3.8) is 0 Å². The quantitative estimate of drug-likeness (QED) is 0.375. The molecule has 2 aromatic rings. The standard InChI is InChI=1S/C25H33NO4/c1-3-5-6-7-11-18-30-22-16-14-21(15-17-22)24(27)26-23(25(28)29-4-2)19-20-12-9-8-10-13-20/h8-10,12-17,23H,3-7,11,18-19H2,1-2H3,(H,26,27). The Kier molecular flexibility index (Phi) is 10.5. The summed E-state index contributed by atoms with van der Waals surface area (Å²) in [4.78, 5) is 25.0. The Labute approximate surface area is 179 Å². The van der Waals surface area contributed by atoms with Crippen LogP contribution in [0.15, 0.2) is 54.6 Å². The molecule has 1 unspecified atom stereocenters. The maximum atomic E-state index is 12.7. The molecule has 0 heterocycles. The van der Waals surface area contributed by atoms with E-state index in [1.807, 2.05) is 30.3 Å². The minimum atomic E-state index is -0.737. The summed E-state index contributed by atoms with van der Waals surface area (Å²) in [5, 5.41) is 2.80. The Balaban J connectivity index is 1.90. The number of amides is 1. The van der Waals surface area contributed by atoms with Crippen LogP contribution in [-0.4, -0.2) is 31.1 Å². The van der Waals surface area contributed by atoms with E-state index in [0.29, 0.717) is 18.6 Å². The highest BCUT2D eigenvalue weighted by atomic mass is 16.5. The SMILES string of the molecule is CCCCCCCOc1ccc(C(=O)NC(Cc2ccccc2)C(=O)OCC)cc1. The Bertz CT molecular complexity index is 758. The van der Waals surface area contributed by atoms with E-state index in [-0.39, 0.29) is 12.5 Å². The van der Waals surface area contributed by atoms with E-state index in [1.165, 1.54) is 25.7 Å². The summed E-state index contributed by atoms with van der Waals surface area (Å²) in [6.45, 7) is 4.90. The van der Waals surface area contributed by atoms with Crippen molar-refractivity contribution < 1.29 is 19.1 Å². The molecule has 1 N–H and O–H groups in total. The van der Waals surface area contributed by atoms with Gasteiger partial charge in [-0.3, -0.25) is 4.79 Å². The Morgan fingerprint density at radius 1 is 0.900 bits per heavy atom. The van der Waals surface area contributed by atoms with Crippen LogP contribution in [0.3, 0.4) is 0 Å². The van der Waals surface area contributed by atoms with Gasteiger partial charge in [-0.05, 0) is 43.2 Å². The molecule has 0 radical (unpaired) electrons. The second kappa shape index (κ2) is 13.4. The second-order valence-corrected chi connectivity index (χ2v) is 7.25. The van der Waals surface area contributed by atoms with Gasteiger partial charge in [0, 0.05) is 12.0 Å². The number of unbranched alkanes of at least 4 members (excludes halogenated alkanes) is 4. The van der Waals surface area contributed by atoms with Crippen LogP contribution >= 0.6 is 0 Å². The maximum absolute atomic E-state index is 12.7. The first-order valence-electron chi connectivity index (χ1n) is 10.9. The topological polar surface area (TPSA) is 64.6 Å². The monoisotopic (exact) mass is 411 g/mol. The molecule has 0 bridgehead atoms. The van der Waals surface area contributed by atoms with E-state index in [4.69, 9.17) is 9.47 Å². The van der Waals surface area contributed by atoms with Gasteiger partial charge in [-0.1, -0.05) is 62.9 Å². The maximum Gasteiger partial charge on any atom is 0.328 e. The van der Waals surface area contributed by atoms with Gasteiger partial charge >= 0.3 is 5.97 Å². The Morgan fingerprint density at radius 3 is 2.27 bits per heavy atom. The minimum Gasteiger partial charge on any atom is -0.494 e. The molecule has 0 aromatic heterocycles. The van der Waals surface area contributed by atoms with Crippen LogP contribution < -0.4 is 10.1 Å². The molecule has 0 spiro atoms. The van der Waals surface area contributed by atoms with Crippen LogP contribution in [0.1, 0.15) is 61.9 Å². The van der Waals surface area contributed by atoms with Crippen molar-refractivity contribution in [1.29, 1.82) is 0 Å². The van der Waals surface area contributed by atoms with Crippen molar-refractivity contribution in [3.8, 4) is 5.75 Å². The fraction of sp³-hybridized carbons (Fsp3) is 0.440. The molecule has 0 saturated carbocycles. The zero-order valence-electron chi connectivity index (χ0n) is 18.1. The first kappa shape index (κ1) is 23.5. The van der Waals surface area contributed by atoms with E-state index in [9.17, 15) is 9.59 Å². The van der Waals surface area contributed by atoms with Gasteiger partial charge in [0.25, 0.3) is 5.91 Å². The van der Waals surface area contributed by atoms with Gasteiger partial charge in [0.05, 0.1) is 13.2 Å². The van der Waals surface area contributed by atoms with Gasteiger partial charge < -0.3 is 14.8 Å². The number of esters is 1. The second-order valence-electron chi connectivity index (χ2n) is 7.25. The number of nitrogens with one attached hydrogen (secondary N) is 1. The summed E-state index contributed by atoms with van der Waals surface area (Å²) in [7, 11) is 0. The summed E-state index contributed by atoms with van der Waals surface area (Å²) in [5.74, 6) is 0.00102. The van der Waals surface area contributed by atoms with Crippen molar-refractivity contribution in [2.45, 2.75) is 58.4 Å². The molecule has 30 heavy (non-hydrogen) atoms. The number of benzene rings is 2. The fourth-order valence-corrected chi connectivity index (χ4v) is 3.13. The molecule has 0 saturated heterocycles. The normalized spacial score (nSPS) is 11.5. The van der Waals surface area contributed by atoms with Crippen molar-refractivity contribution in [1.82, 2.24) is 5.32 Å². The summed E-state index contributed by atoms with van der Waals surface area (Å²) < 4.78 is 10.9. The van der Waals surface area contributed by atoms with E-state index >= 15 is 0 Å². The van der Waals surface area contributed by atoms with E-state index in [2.05, 4.69) is 12.2 Å². The van der Waals surface area contributed by atoms with Gasteiger partial charge in [-0.15, -0.1) is 0 Å². The number of hydrogen-bond acceptors (Lipinski definition) is 4. The number of hydrogen-bond donors (Lipinski definition) is 1. The molecule has 1 amide bonds. The van der Waals surface area contributed by atoms with Crippen LogP contribution in [0.5, 0.6) is 5.75 Å². The number of carbonyl (C=O) groups is 2. The largest absolute Gasteiger partial charge is 0.494 e. The van der Waals surface area contributed by atoms with Crippen molar-refractivity contribution in [3.05, 3.63) is 65.7 Å². The molecule has 0 aliphatic rings. The lowest BCUT2D eigenvalue weighted by molar-refractivity contribution is -0.145. The molecule has 2 rings (SSSR count). The third-order valence-electron chi connectivity index (χ3n) is 4.79. The molecular weight excluding hydrogens is 378 g/mol. The van der Waals surface area contributed by atoms with Crippen molar-refractivity contribution >= 4 is 11.9 Å². The molecule has 1 atom stereocenters. The van der Waals surface area contributed by atoms with E-state index in [1.54, 1.807) is 31.2 Å². The van der Waals surface area contributed by atoms with Crippen LogP contribution in [0.4, 0.5) is 0 Å². The number of rotatable bonds is 13. The molecule has 162 valence electrons. The van der Waals surface area contributed by atoms with Crippen LogP contribution in [0.2, 0.25) is 0 Å². The minimum absolute atomic E-state index is 0.268. The van der Waals surface area contributed by atoms with Gasteiger partial charge in [0.15, 0.2) is 0 Å². The molecule has 5 nitrogen and oxygen atoms in total. The molecule has 0 aliphatic carbocycles. The predicted octanol–water partition coefficient (Wildman–Crippen LogP) is 4.94. The molecule has 5 heteroatoms. The summed E-state index contributed by atoms with van der Waals surface area (Å²) in [6, 6.07) is 15.8. The van der Waals surface area contributed by atoms with Gasteiger partial charge in [0.2, 0.25) is 0 Å². The zero-order valence-corrected chi connectivity index (χ0v) is 18.1. The van der Waals surface area contributed by atoms with Gasteiger partial charge in [-0.2, -0.15) is 0 Å². The Morgan fingerprint density at radius 2 is 1.60 bits per heavy atom. The number of carbonyl (C=O) groups excluding carboxylic acids is 2. The van der Waals surface area contributed by atoms with Crippen molar-refractivity contribution in [2.24, 2.45) is 0 Å². The summed E-state index contributed by atoms with van der Waals surface area (Å²) >= 11 is 0. The lowest BCUT2D eigenvalue weighted by Crippen LogP contribution is -2.43. The first-order chi connectivity index (χ1) is 14.6. The first-order valence-corrected chi connectivity index (χ1v) is 10.9. The summed E-state index contributed by atoms with van der Waals surface area (Å²) in [5.41, 5.74) is 1.44. The molecule has 0 aliphatic heterocycles. The highest BCUT2D eigenvalue weighted by molar-refractivity contribution is 5.96. The lowest BCUT2D eigenvalue weighted by atomic mass is 10.1. The van der Waals surface area contributed by atoms with Crippen LogP contribution in [0, 0.1) is 0 Å². The van der Waals surface area contributed by atoms with Crippen LogP contribution in [0.25, 0.3) is 0 Å². The molecule has 0 fully saturated rings. The van der Waals surface area contributed by atoms with Gasteiger partial charge in [-0.25, -0.2) is 4.79 Å².